The molecule has 2 N–H and O–H groups in total. The van der Waals surface area contributed by atoms with Crippen molar-refractivity contribution in [3.05, 3.63) is 90.1 Å². The van der Waals surface area contributed by atoms with Gasteiger partial charge in [0.1, 0.15) is 12.1 Å². The predicted octanol–water partition coefficient (Wildman–Crippen LogP) is 4.89. The maximum atomic E-state index is 14.2. The minimum Gasteiger partial charge on any atom is -0.368 e. The molecule has 0 bridgehead atoms. The highest BCUT2D eigenvalue weighted by atomic mass is 16.2. The van der Waals surface area contributed by atoms with Crippen molar-refractivity contribution in [1.29, 1.82) is 0 Å². The van der Waals surface area contributed by atoms with Crippen LogP contribution in [-0.4, -0.2) is 57.2 Å². The number of fused-ring (bicyclic) bond motifs is 2. The van der Waals surface area contributed by atoms with Crippen molar-refractivity contribution >= 4 is 39.4 Å². The molecule has 1 fully saturated rings. The fourth-order valence-corrected chi connectivity index (χ4v) is 6.04. The zero-order valence-electron chi connectivity index (χ0n) is 24.0. The van der Waals surface area contributed by atoms with Gasteiger partial charge in [0.25, 0.3) is 0 Å². The molecule has 0 saturated carbocycles. The summed E-state index contributed by atoms with van der Waals surface area (Å²) in [6.45, 7) is 6.45. The highest BCUT2D eigenvalue weighted by molar-refractivity contribution is 5.93. The number of carbonyl (C=O) groups is 3. The van der Waals surface area contributed by atoms with Crippen molar-refractivity contribution in [1.82, 2.24) is 14.8 Å². The first-order chi connectivity index (χ1) is 19.7. The zero-order valence-corrected chi connectivity index (χ0v) is 24.0. The maximum absolute atomic E-state index is 14.2. The zero-order chi connectivity index (χ0) is 29.1. The van der Waals surface area contributed by atoms with Gasteiger partial charge in [-0.3, -0.25) is 19.4 Å². The van der Waals surface area contributed by atoms with Gasteiger partial charge in [-0.15, -0.1) is 0 Å². The summed E-state index contributed by atoms with van der Waals surface area (Å²) < 4.78 is 0. The number of amides is 3. The van der Waals surface area contributed by atoms with Crippen LogP contribution in [0.2, 0.25) is 0 Å². The first-order valence-electron chi connectivity index (χ1n) is 14.4. The Hall–Kier alpha value is -4.26. The predicted molar refractivity (Wildman–Crippen MR) is 162 cm³/mol. The van der Waals surface area contributed by atoms with E-state index in [-0.39, 0.29) is 30.2 Å². The summed E-state index contributed by atoms with van der Waals surface area (Å²) in [5.41, 5.74) is 8.64. The molecule has 1 aliphatic heterocycles. The minimum atomic E-state index is -0.798. The van der Waals surface area contributed by atoms with E-state index in [1.807, 2.05) is 87.5 Å². The summed E-state index contributed by atoms with van der Waals surface area (Å²) in [5, 5.41) is 3.16. The molecule has 7 nitrogen and oxygen atoms in total. The quantitative estimate of drug-likeness (QED) is 0.338. The van der Waals surface area contributed by atoms with Crippen molar-refractivity contribution in [3.63, 3.8) is 0 Å². The molecular weight excluding hydrogens is 512 g/mol. The lowest BCUT2D eigenvalue weighted by Gasteiger charge is -2.36. The second-order valence-electron chi connectivity index (χ2n) is 11.6. The van der Waals surface area contributed by atoms with E-state index in [2.05, 4.69) is 11.1 Å². The highest BCUT2D eigenvalue weighted by Gasteiger charge is 2.42. The summed E-state index contributed by atoms with van der Waals surface area (Å²) in [5.74, 6) is -0.659. The first kappa shape index (κ1) is 28.3. The van der Waals surface area contributed by atoms with Gasteiger partial charge in [-0.2, -0.15) is 0 Å². The van der Waals surface area contributed by atoms with Gasteiger partial charge in [-0.25, -0.2) is 0 Å². The Morgan fingerprint density at radius 3 is 2.41 bits per heavy atom. The molecule has 0 spiro atoms. The second kappa shape index (κ2) is 12.1. The number of benzene rings is 3. The van der Waals surface area contributed by atoms with Crippen LogP contribution in [0.25, 0.3) is 21.7 Å². The molecular formula is C34H38N4O3. The van der Waals surface area contributed by atoms with Crippen molar-refractivity contribution in [2.24, 2.45) is 11.7 Å². The highest BCUT2D eigenvalue weighted by Crippen LogP contribution is 2.27. The number of hydrogen-bond donors (Lipinski definition) is 1. The molecule has 0 aliphatic carbocycles. The lowest BCUT2D eigenvalue weighted by atomic mass is 9.97. The number of rotatable bonds is 8. The molecule has 1 aliphatic rings. The van der Waals surface area contributed by atoms with E-state index in [9.17, 15) is 14.4 Å². The van der Waals surface area contributed by atoms with Crippen LogP contribution in [-0.2, 0) is 27.2 Å². The SMILES string of the molecule is CC(C)C[C@H]1C(=O)N([C@@H](Cc2ccc3ccccc3c2)C(N)=O)CC[C@@H](C)N1C(=O)Cc1ccc2ncccc2c1. The summed E-state index contributed by atoms with van der Waals surface area (Å²) in [4.78, 5) is 48.7. The molecule has 3 amide bonds. The Balaban J connectivity index is 1.42. The fraction of sp³-hybridized carbons (Fsp3) is 0.353. The van der Waals surface area contributed by atoms with Gasteiger partial charge in [0.15, 0.2) is 0 Å². The van der Waals surface area contributed by atoms with Crippen LogP contribution in [0, 0.1) is 5.92 Å². The second-order valence-corrected chi connectivity index (χ2v) is 11.6. The summed E-state index contributed by atoms with van der Waals surface area (Å²) in [6, 6.07) is 22.2. The fourth-order valence-electron chi connectivity index (χ4n) is 6.04. The van der Waals surface area contributed by atoms with Crippen LogP contribution >= 0.6 is 0 Å². The third kappa shape index (κ3) is 6.24. The molecule has 2 heterocycles. The molecule has 41 heavy (non-hydrogen) atoms. The summed E-state index contributed by atoms with van der Waals surface area (Å²) in [7, 11) is 0. The summed E-state index contributed by atoms with van der Waals surface area (Å²) in [6.07, 6.45) is 3.34. The van der Waals surface area contributed by atoms with Gasteiger partial charge >= 0.3 is 0 Å². The molecule has 7 heteroatoms. The van der Waals surface area contributed by atoms with E-state index in [4.69, 9.17) is 5.73 Å². The number of carbonyl (C=O) groups excluding carboxylic acids is 3. The molecule has 1 saturated heterocycles. The molecule has 4 aromatic rings. The van der Waals surface area contributed by atoms with E-state index in [1.54, 1.807) is 16.0 Å². The van der Waals surface area contributed by atoms with Gasteiger partial charge in [0, 0.05) is 30.6 Å². The van der Waals surface area contributed by atoms with Crippen LogP contribution in [0.4, 0.5) is 0 Å². The van der Waals surface area contributed by atoms with Crippen LogP contribution in [0.5, 0.6) is 0 Å². The number of hydrogen-bond acceptors (Lipinski definition) is 4. The molecule has 1 aromatic heterocycles. The minimum absolute atomic E-state index is 0.0910. The van der Waals surface area contributed by atoms with Crippen molar-refractivity contribution in [2.45, 2.75) is 64.6 Å². The van der Waals surface area contributed by atoms with Gasteiger partial charge in [0.2, 0.25) is 17.7 Å². The van der Waals surface area contributed by atoms with Gasteiger partial charge in [-0.1, -0.05) is 68.4 Å². The average molecular weight is 551 g/mol. The van der Waals surface area contributed by atoms with Gasteiger partial charge < -0.3 is 15.5 Å². The Kier molecular flexibility index (Phi) is 8.34. The van der Waals surface area contributed by atoms with Crippen LogP contribution in [0.1, 0.15) is 44.7 Å². The Labute approximate surface area is 241 Å². The van der Waals surface area contributed by atoms with Gasteiger partial charge in [-0.05, 0) is 65.8 Å². The number of pyridine rings is 1. The third-order valence-corrected chi connectivity index (χ3v) is 8.12. The standard InChI is InChI=1S/C34H38N4O3/c1-22(2)17-31-34(41)37(30(33(35)40)20-24-10-12-26-7-4-5-8-27(26)18-24)16-14-23(3)38(31)32(39)21-25-11-13-29-28(19-25)9-6-15-36-29/h4-13,15,18-19,22-23,30-31H,14,16-17,20-21H2,1-3H3,(H2,35,40)/t23-,30+,31+/m1/s1. The van der Waals surface area contributed by atoms with Gasteiger partial charge in [0.05, 0.1) is 11.9 Å². The average Bonchev–Trinajstić information content (AvgIpc) is 3.06. The van der Waals surface area contributed by atoms with E-state index < -0.39 is 18.0 Å². The largest absolute Gasteiger partial charge is 0.368 e. The normalized spacial score (nSPS) is 18.6. The molecule has 3 atom stereocenters. The number of primary amides is 1. The van der Waals surface area contributed by atoms with Crippen LogP contribution in [0.3, 0.4) is 0 Å². The van der Waals surface area contributed by atoms with Crippen LogP contribution in [0.15, 0.2) is 79.0 Å². The van der Waals surface area contributed by atoms with E-state index in [0.29, 0.717) is 25.8 Å². The monoisotopic (exact) mass is 550 g/mol. The van der Waals surface area contributed by atoms with Crippen molar-refractivity contribution in [2.75, 3.05) is 6.54 Å². The summed E-state index contributed by atoms with van der Waals surface area (Å²) >= 11 is 0. The molecule has 0 radical (unpaired) electrons. The number of nitrogens with zero attached hydrogens (tertiary/aromatic N) is 3. The maximum Gasteiger partial charge on any atom is 0.246 e. The van der Waals surface area contributed by atoms with Crippen LogP contribution < -0.4 is 5.73 Å². The number of nitrogens with two attached hydrogens (primary N) is 1. The van der Waals surface area contributed by atoms with E-state index >= 15 is 0 Å². The Bertz CT molecular complexity index is 1580. The topological polar surface area (TPSA) is 96.6 Å². The first-order valence-corrected chi connectivity index (χ1v) is 14.4. The van der Waals surface area contributed by atoms with Crippen molar-refractivity contribution < 1.29 is 14.4 Å². The third-order valence-electron chi connectivity index (χ3n) is 8.12. The van der Waals surface area contributed by atoms with E-state index in [0.717, 1.165) is 32.8 Å². The molecule has 0 unspecified atom stereocenters. The molecule has 3 aromatic carbocycles. The Morgan fingerprint density at radius 2 is 1.66 bits per heavy atom. The molecule has 5 rings (SSSR count). The number of aromatic nitrogens is 1. The lowest BCUT2D eigenvalue weighted by Crippen LogP contribution is -2.56. The Morgan fingerprint density at radius 1 is 0.951 bits per heavy atom. The smallest absolute Gasteiger partial charge is 0.246 e. The van der Waals surface area contributed by atoms with E-state index in [1.165, 1.54) is 0 Å². The van der Waals surface area contributed by atoms with Crippen molar-refractivity contribution in [3.8, 4) is 0 Å². The molecule has 212 valence electrons. The lowest BCUT2D eigenvalue weighted by molar-refractivity contribution is -0.148.